The Morgan fingerprint density at radius 2 is 1.71 bits per heavy atom. The summed E-state index contributed by atoms with van der Waals surface area (Å²) in [6.07, 6.45) is 0.764. The Labute approximate surface area is 206 Å². The lowest BCUT2D eigenvalue weighted by molar-refractivity contribution is 0.0954. The van der Waals surface area contributed by atoms with E-state index in [0.29, 0.717) is 47.7 Å². The first-order chi connectivity index (χ1) is 14.6. The fourth-order valence-electron chi connectivity index (χ4n) is 2.77. The third-order valence-corrected chi connectivity index (χ3v) is 4.61. The molecule has 9 heteroatoms. The molecule has 0 unspecified atom stereocenters. The number of halogens is 2. The van der Waals surface area contributed by atoms with Crippen molar-refractivity contribution in [2.75, 3.05) is 40.4 Å². The van der Waals surface area contributed by atoms with Gasteiger partial charge in [0.05, 0.1) is 24.8 Å². The smallest absolute Gasteiger partial charge is 0.252 e. The van der Waals surface area contributed by atoms with Crippen molar-refractivity contribution in [3.8, 4) is 11.5 Å². The topological polar surface area (TPSA) is 84.0 Å². The van der Waals surface area contributed by atoms with E-state index >= 15 is 0 Å². The molecule has 0 fully saturated rings. The maximum Gasteiger partial charge on any atom is 0.252 e. The van der Waals surface area contributed by atoms with Crippen molar-refractivity contribution in [3.05, 3.63) is 58.6 Å². The Morgan fingerprint density at radius 1 is 1.00 bits per heavy atom. The molecule has 0 aliphatic rings. The number of rotatable bonds is 10. The van der Waals surface area contributed by atoms with Crippen LogP contribution in [0.4, 0.5) is 0 Å². The Kier molecular flexibility index (Phi) is 12.8. The molecule has 0 aliphatic carbocycles. The molecule has 1 amide bonds. The van der Waals surface area contributed by atoms with Crippen LogP contribution in [0, 0.1) is 0 Å². The van der Waals surface area contributed by atoms with Gasteiger partial charge in [-0.2, -0.15) is 0 Å². The SMILES string of the molecule is CCNC(=NCCc1ccc(OC)c(OC)c1)NCCNC(=O)c1ccccc1Cl.I. The van der Waals surface area contributed by atoms with E-state index in [2.05, 4.69) is 20.9 Å². The van der Waals surface area contributed by atoms with E-state index in [1.807, 2.05) is 25.1 Å². The average molecular weight is 561 g/mol. The molecule has 0 atom stereocenters. The third-order valence-electron chi connectivity index (χ3n) is 4.28. The highest BCUT2D eigenvalue weighted by Crippen LogP contribution is 2.27. The van der Waals surface area contributed by atoms with Crippen molar-refractivity contribution in [3.63, 3.8) is 0 Å². The van der Waals surface area contributed by atoms with E-state index in [0.717, 1.165) is 18.5 Å². The van der Waals surface area contributed by atoms with Gasteiger partial charge in [-0.3, -0.25) is 9.79 Å². The van der Waals surface area contributed by atoms with Crippen molar-refractivity contribution in [1.29, 1.82) is 0 Å². The number of carbonyl (C=O) groups excluding carboxylic acids is 1. The first-order valence-corrected chi connectivity index (χ1v) is 10.2. The molecule has 0 aromatic heterocycles. The number of benzene rings is 2. The highest BCUT2D eigenvalue weighted by molar-refractivity contribution is 14.0. The van der Waals surface area contributed by atoms with Gasteiger partial charge in [-0.1, -0.05) is 29.8 Å². The van der Waals surface area contributed by atoms with Crippen LogP contribution in [0.3, 0.4) is 0 Å². The van der Waals surface area contributed by atoms with Gasteiger partial charge < -0.3 is 25.4 Å². The van der Waals surface area contributed by atoms with Crippen LogP contribution in [0.5, 0.6) is 11.5 Å². The fourth-order valence-corrected chi connectivity index (χ4v) is 2.99. The van der Waals surface area contributed by atoms with Crippen molar-refractivity contribution >= 4 is 47.4 Å². The summed E-state index contributed by atoms with van der Waals surface area (Å²) >= 11 is 6.05. The molecule has 2 aromatic carbocycles. The van der Waals surface area contributed by atoms with Crippen LogP contribution in [-0.4, -0.2) is 52.3 Å². The zero-order valence-electron chi connectivity index (χ0n) is 18.0. The summed E-state index contributed by atoms with van der Waals surface area (Å²) in [5, 5.41) is 9.70. The summed E-state index contributed by atoms with van der Waals surface area (Å²) in [6.45, 7) is 4.35. The van der Waals surface area contributed by atoms with Crippen molar-refractivity contribution in [2.45, 2.75) is 13.3 Å². The standard InChI is InChI=1S/C22H29ClN4O3.HI/c1-4-24-22(26-12-11-16-9-10-19(29-2)20(15-16)30-3)27-14-13-25-21(28)17-7-5-6-8-18(17)23;/h5-10,15H,4,11-14H2,1-3H3,(H,25,28)(H2,24,26,27);1H. The van der Waals surface area contributed by atoms with Gasteiger partial charge in [0.15, 0.2) is 17.5 Å². The van der Waals surface area contributed by atoms with E-state index < -0.39 is 0 Å². The summed E-state index contributed by atoms with van der Waals surface area (Å²) in [5.74, 6) is 1.92. The van der Waals surface area contributed by atoms with Crippen molar-refractivity contribution in [2.24, 2.45) is 4.99 Å². The fraction of sp³-hybridized carbons (Fsp3) is 0.364. The molecule has 0 saturated carbocycles. The largest absolute Gasteiger partial charge is 0.493 e. The highest BCUT2D eigenvalue weighted by atomic mass is 127. The molecular formula is C22H30ClIN4O3. The number of hydrogen-bond acceptors (Lipinski definition) is 4. The number of hydrogen-bond donors (Lipinski definition) is 3. The quantitative estimate of drug-likeness (QED) is 0.179. The summed E-state index contributed by atoms with van der Waals surface area (Å²) < 4.78 is 10.6. The summed E-state index contributed by atoms with van der Waals surface area (Å²) in [5.41, 5.74) is 1.58. The van der Waals surface area contributed by atoms with E-state index in [1.165, 1.54) is 0 Å². The molecule has 2 aromatic rings. The van der Waals surface area contributed by atoms with Crippen LogP contribution < -0.4 is 25.4 Å². The van der Waals surface area contributed by atoms with E-state index in [1.54, 1.807) is 38.5 Å². The average Bonchev–Trinajstić information content (AvgIpc) is 2.76. The molecule has 0 bridgehead atoms. The van der Waals surface area contributed by atoms with Crippen LogP contribution in [0.15, 0.2) is 47.5 Å². The zero-order chi connectivity index (χ0) is 21.8. The zero-order valence-corrected chi connectivity index (χ0v) is 21.1. The Bertz CT molecular complexity index is 864. The highest BCUT2D eigenvalue weighted by Gasteiger charge is 2.08. The molecule has 0 spiro atoms. The first-order valence-electron chi connectivity index (χ1n) is 9.84. The van der Waals surface area contributed by atoms with Crippen LogP contribution in [-0.2, 0) is 6.42 Å². The first kappa shape index (κ1) is 26.8. The maximum atomic E-state index is 12.2. The lowest BCUT2D eigenvalue weighted by Gasteiger charge is -2.12. The molecule has 31 heavy (non-hydrogen) atoms. The van der Waals surface area contributed by atoms with Crippen LogP contribution in [0.2, 0.25) is 5.02 Å². The van der Waals surface area contributed by atoms with Crippen LogP contribution >= 0.6 is 35.6 Å². The maximum absolute atomic E-state index is 12.2. The predicted molar refractivity (Wildman–Crippen MR) is 136 cm³/mol. The number of carbonyl (C=O) groups is 1. The minimum atomic E-state index is -0.196. The second kappa shape index (κ2) is 14.7. The summed E-state index contributed by atoms with van der Waals surface area (Å²) in [7, 11) is 3.24. The molecule has 0 heterocycles. The molecule has 3 N–H and O–H groups in total. The predicted octanol–water partition coefficient (Wildman–Crippen LogP) is 3.50. The minimum Gasteiger partial charge on any atom is -0.493 e. The molecular weight excluding hydrogens is 531 g/mol. The summed E-state index contributed by atoms with van der Waals surface area (Å²) in [4.78, 5) is 16.8. The Hall–Kier alpha value is -2.20. The normalized spacial score (nSPS) is 10.6. The van der Waals surface area contributed by atoms with E-state index in [4.69, 9.17) is 21.1 Å². The number of ether oxygens (including phenoxy) is 2. The molecule has 7 nitrogen and oxygen atoms in total. The van der Waals surface area contributed by atoms with E-state index in [9.17, 15) is 4.79 Å². The number of nitrogens with zero attached hydrogens (tertiary/aromatic N) is 1. The van der Waals surface area contributed by atoms with Gasteiger partial charge in [0.1, 0.15) is 0 Å². The molecule has 2 rings (SSSR count). The molecule has 0 saturated heterocycles. The number of nitrogens with one attached hydrogen (secondary N) is 3. The van der Waals surface area contributed by atoms with Gasteiger partial charge in [0.25, 0.3) is 5.91 Å². The van der Waals surface area contributed by atoms with Gasteiger partial charge in [0.2, 0.25) is 0 Å². The lowest BCUT2D eigenvalue weighted by atomic mass is 10.1. The van der Waals surface area contributed by atoms with Crippen molar-refractivity contribution < 1.29 is 14.3 Å². The van der Waals surface area contributed by atoms with Gasteiger partial charge >= 0.3 is 0 Å². The monoisotopic (exact) mass is 560 g/mol. The lowest BCUT2D eigenvalue weighted by Crippen LogP contribution is -2.41. The molecule has 170 valence electrons. The second-order valence-corrected chi connectivity index (χ2v) is 6.77. The van der Waals surface area contributed by atoms with Crippen molar-refractivity contribution in [1.82, 2.24) is 16.0 Å². The number of amides is 1. The molecule has 0 aliphatic heterocycles. The molecule has 0 radical (unpaired) electrons. The van der Waals surface area contributed by atoms with Gasteiger partial charge in [-0.05, 0) is 43.2 Å². The van der Waals surface area contributed by atoms with E-state index in [-0.39, 0.29) is 29.9 Å². The second-order valence-electron chi connectivity index (χ2n) is 6.36. The minimum absolute atomic E-state index is 0. The van der Waals surface area contributed by atoms with Gasteiger partial charge in [0, 0.05) is 26.2 Å². The number of guanidine groups is 1. The van der Waals surface area contributed by atoms with Crippen LogP contribution in [0.25, 0.3) is 0 Å². The Morgan fingerprint density at radius 3 is 2.39 bits per heavy atom. The van der Waals surface area contributed by atoms with Crippen LogP contribution in [0.1, 0.15) is 22.8 Å². The summed E-state index contributed by atoms with van der Waals surface area (Å²) in [6, 6.07) is 12.8. The third kappa shape index (κ3) is 8.82. The van der Waals surface area contributed by atoms with Gasteiger partial charge in [-0.15, -0.1) is 24.0 Å². The number of aliphatic imine (C=N–C) groups is 1. The number of methoxy groups -OCH3 is 2. The van der Waals surface area contributed by atoms with Gasteiger partial charge in [-0.25, -0.2) is 0 Å². The Balaban J connectivity index is 0.00000480.